The summed E-state index contributed by atoms with van der Waals surface area (Å²) in [5.41, 5.74) is 8.76. The van der Waals surface area contributed by atoms with Crippen LogP contribution in [-0.2, 0) is 0 Å². The maximum Gasteiger partial charge on any atom is 0.0552 e. The van der Waals surface area contributed by atoms with Crippen molar-refractivity contribution in [1.82, 2.24) is 4.90 Å². The molecular weight excluding hydrogens is 236 g/mol. The molecule has 1 saturated heterocycles. The monoisotopic (exact) mass is 262 g/mol. The zero-order valence-electron chi connectivity index (χ0n) is 12.2. The largest absolute Gasteiger partial charge is 0.393 e. The van der Waals surface area contributed by atoms with E-state index in [-0.39, 0.29) is 18.2 Å². The summed E-state index contributed by atoms with van der Waals surface area (Å²) in [6.45, 7) is 8.03. The Morgan fingerprint density at radius 2 is 1.89 bits per heavy atom. The minimum absolute atomic E-state index is 0.0930. The molecule has 1 heterocycles. The molecule has 1 fully saturated rings. The lowest BCUT2D eigenvalue weighted by atomic mass is 9.98. The quantitative estimate of drug-likeness (QED) is 0.873. The van der Waals surface area contributed by atoms with Crippen LogP contribution in [-0.4, -0.2) is 35.2 Å². The second-order valence-electron chi connectivity index (χ2n) is 6.00. The highest BCUT2D eigenvalue weighted by atomic mass is 16.3. The third-order valence-electron chi connectivity index (χ3n) is 4.25. The van der Waals surface area contributed by atoms with Crippen LogP contribution >= 0.6 is 0 Å². The minimum atomic E-state index is -0.225. The molecule has 1 aliphatic heterocycles. The van der Waals surface area contributed by atoms with Gasteiger partial charge in [0.2, 0.25) is 0 Å². The molecule has 3 heteroatoms. The highest BCUT2D eigenvalue weighted by molar-refractivity contribution is 5.25. The Morgan fingerprint density at radius 1 is 1.26 bits per heavy atom. The Labute approximate surface area is 116 Å². The lowest BCUT2D eigenvalue weighted by Crippen LogP contribution is -2.38. The standard InChI is InChI=1S/C16H26N2O/c1-11-4-6-14(7-5-11)16(12(2)17)18-9-8-15(10-18)13(3)19/h4-7,12-13,15-16,19H,8-10,17H2,1-3H3. The van der Waals surface area contributed by atoms with Crippen molar-refractivity contribution in [1.29, 1.82) is 0 Å². The van der Waals surface area contributed by atoms with Crippen LogP contribution in [0.15, 0.2) is 24.3 Å². The van der Waals surface area contributed by atoms with Gasteiger partial charge in [0, 0.05) is 18.6 Å². The van der Waals surface area contributed by atoms with Crippen molar-refractivity contribution in [2.45, 2.75) is 45.4 Å². The topological polar surface area (TPSA) is 49.5 Å². The van der Waals surface area contributed by atoms with Crippen molar-refractivity contribution in [2.75, 3.05) is 13.1 Å². The minimum Gasteiger partial charge on any atom is -0.393 e. The van der Waals surface area contributed by atoms with E-state index in [1.54, 1.807) is 0 Å². The van der Waals surface area contributed by atoms with Crippen LogP contribution in [0.25, 0.3) is 0 Å². The molecule has 106 valence electrons. The molecule has 1 aromatic carbocycles. The van der Waals surface area contributed by atoms with Gasteiger partial charge in [-0.25, -0.2) is 0 Å². The number of aliphatic hydroxyl groups is 1. The molecule has 0 aliphatic carbocycles. The first-order valence-electron chi connectivity index (χ1n) is 7.23. The average Bonchev–Trinajstić information content (AvgIpc) is 2.81. The second kappa shape index (κ2) is 6.04. The van der Waals surface area contributed by atoms with E-state index in [2.05, 4.69) is 43.0 Å². The number of aliphatic hydroxyl groups excluding tert-OH is 1. The van der Waals surface area contributed by atoms with Crippen LogP contribution in [0.5, 0.6) is 0 Å². The maximum atomic E-state index is 9.74. The van der Waals surface area contributed by atoms with E-state index in [1.165, 1.54) is 11.1 Å². The number of hydrogen-bond acceptors (Lipinski definition) is 3. The van der Waals surface area contributed by atoms with E-state index in [0.717, 1.165) is 19.5 Å². The first kappa shape index (κ1) is 14.5. The van der Waals surface area contributed by atoms with Gasteiger partial charge >= 0.3 is 0 Å². The molecule has 1 aliphatic rings. The van der Waals surface area contributed by atoms with E-state index >= 15 is 0 Å². The molecule has 0 saturated carbocycles. The number of aryl methyl sites for hydroxylation is 1. The normalized spacial score (nSPS) is 25.2. The highest BCUT2D eigenvalue weighted by Gasteiger charge is 2.32. The number of likely N-dealkylation sites (tertiary alicyclic amines) is 1. The molecule has 0 bridgehead atoms. The first-order valence-corrected chi connectivity index (χ1v) is 7.23. The summed E-state index contributed by atoms with van der Waals surface area (Å²) in [5, 5.41) is 9.74. The van der Waals surface area contributed by atoms with Crippen molar-refractivity contribution in [3.63, 3.8) is 0 Å². The maximum absolute atomic E-state index is 9.74. The highest BCUT2D eigenvalue weighted by Crippen LogP contribution is 2.31. The van der Waals surface area contributed by atoms with Crippen LogP contribution in [0.1, 0.15) is 37.4 Å². The zero-order chi connectivity index (χ0) is 14.0. The van der Waals surface area contributed by atoms with Crippen LogP contribution in [0.4, 0.5) is 0 Å². The Hall–Kier alpha value is -0.900. The lowest BCUT2D eigenvalue weighted by Gasteiger charge is -2.31. The number of benzene rings is 1. The fraction of sp³-hybridized carbons (Fsp3) is 0.625. The molecule has 0 aromatic heterocycles. The van der Waals surface area contributed by atoms with Gasteiger partial charge in [-0.1, -0.05) is 29.8 Å². The van der Waals surface area contributed by atoms with Gasteiger partial charge in [-0.05, 0) is 45.2 Å². The summed E-state index contributed by atoms with van der Waals surface area (Å²) in [6.07, 6.45) is 0.837. The van der Waals surface area contributed by atoms with Crippen molar-refractivity contribution >= 4 is 0 Å². The van der Waals surface area contributed by atoms with E-state index in [1.807, 2.05) is 6.92 Å². The summed E-state index contributed by atoms with van der Waals surface area (Å²) < 4.78 is 0. The molecule has 0 amide bonds. The van der Waals surface area contributed by atoms with Crippen molar-refractivity contribution in [3.05, 3.63) is 35.4 Å². The number of hydrogen-bond donors (Lipinski definition) is 2. The third kappa shape index (κ3) is 3.35. The zero-order valence-corrected chi connectivity index (χ0v) is 12.2. The number of nitrogens with two attached hydrogens (primary N) is 1. The van der Waals surface area contributed by atoms with Crippen LogP contribution in [0.2, 0.25) is 0 Å². The van der Waals surface area contributed by atoms with Crippen molar-refractivity contribution in [2.24, 2.45) is 11.7 Å². The summed E-state index contributed by atoms with van der Waals surface area (Å²) in [4.78, 5) is 2.42. The molecule has 4 atom stereocenters. The second-order valence-corrected chi connectivity index (χ2v) is 6.00. The van der Waals surface area contributed by atoms with Gasteiger partial charge in [0.25, 0.3) is 0 Å². The molecule has 3 N–H and O–H groups in total. The van der Waals surface area contributed by atoms with Gasteiger partial charge < -0.3 is 10.8 Å². The molecule has 3 nitrogen and oxygen atoms in total. The van der Waals surface area contributed by atoms with E-state index < -0.39 is 0 Å². The van der Waals surface area contributed by atoms with Gasteiger partial charge in [0.1, 0.15) is 0 Å². The summed E-state index contributed by atoms with van der Waals surface area (Å²) >= 11 is 0. The fourth-order valence-electron chi connectivity index (χ4n) is 3.07. The molecule has 1 aromatic rings. The van der Waals surface area contributed by atoms with Crippen molar-refractivity contribution < 1.29 is 5.11 Å². The van der Waals surface area contributed by atoms with Gasteiger partial charge in [-0.3, -0.25) is 4.90 Å². The van der Waals surface area contributed by atoms with Gasteiger partial charge in [-0.15, -0.1) is 0 Å². The summed E-state index contributed by atoms with van der Waals surface area (Å²) in [5.74, 6) is 0.381. The average molecular weight is 262 g/mol. The SMILES string of the molecule is Cc1ccc(C(C(C)N)N2CCC(C(C)O)C2)cc1. The summed E-state index contributed by atoms with van der Waals surface area (Å²) in [6, 6.07) is 9.00. The Bertz CT molecular complexity index is 400. The molecule has 2 rings (SSSR count). The third-order valence-corrected chi connectivity index (χ3v) is 4.25. The Kier molecular flexibility index (Phi) is 4.61. The molecule has 0 radical (unpaired) electrons. The van der Waals surface area contributed by atoms with Gasteiger partial charge in [-0.2, -0.15) is 0 Å². The van der Waals surface area contributed by atoms with E-state index in [9.17, 15) is 5.11 Å². The van der Waals surface area contributed by atoms with Crippen LogP contribution < -0.4 is 5.73 Å². The summed E-state index contributed by atoms with van der Waals surface area (Å²) in [7, 11) is 0. The molecule has 4 unspecified atom stereocenters. The first-order chi connectivity index (χ1) is 8.99. The lowest BCUT2D eigenvalue weighted by molar-refractivity contribution is 0.119. The van der Waals surface area contributed by atoms with Gasteiger partial charge in [0.05, 0.1) is 6.10 Å². The smallest absolute Gasteiger partial charge is 0.0552 e. The molecule has 0 spiro atoms. The fourth-order valence-corrected chi connectivity index (χ4v) is 3.07. The Morgan fingerprint density at radius 3 is 2.37 bits per heavy atom. The van der Waals surface area contributed by atoms with Crippen molar-refractivity contribution in [3.8, 4) is 0 Å². The predicted molar refractivity (Wildman–Crippen MR) is 78.9 cm³/mol. The van der Waals surface area contributed by atoms with Gasteiger partial charge in [0.15, 0.2) is 0 Å². The number of nitrogens with zero attached hydrogens (tertiary/aromatic N) is 1. The molecule has 19 heavy (non-hydrogen) atoms. The van der Waals surface area contributed by atoms with E-state index in [0.29, 0.717) is 5.92 Å². The Balaban J connectivity index is 2.15. The molecular formula is C16H26N2O. The van der Waals surface area contributed by atoms with Crippen LogP contribution in [0.3, 0.4) is 0 Å². The van der Waals surface area contributed by atoms with Crippen LogP contribution in [0, 0.1) is 12.8 Å². The number of rotatable bonds is 4. The van der Waals surface area contributed by atoms with E-state index in [4.69, 9.17) is 5.73 Å². The predicted octanol–water partition coefficient (Wildman–Crippen LogP) is 2.09.